The van der Waals surface area contributed by atoms with Gasteiger partial charge in [-0.25, -0.2) is 5.84 Å². The molecule has 2 atom stereocenters. The third-order valence-corrected chi connectivity index (χ3v) is 5.75. The van der Waals surface area contributed by atoms with Crippen LogP contribution in [0.3, 0.4) is 0 Å². The first-order chi connectivity index (χ1) is 9.16. The number of nitrogens with two attached hydrogens (primary N) is 1. The summed E-state index contributed by atoms with van der Waals surface area (Å²) >= 11 is 0. The van der Waals surface area contributed by atoms with Crippen LogP contribution < -0.4 is 11.3 Å². The predicted molar refractivity (Wildman–Crippen MR) is 69.7 cm³/mol. The molecule has 4 N–H and O–H groups in total. The van der Waals surface area contributed by atoms with Crippen molar-refractivity contribution < 1.29 is 4.79 Å². The van der Waals surface area contributed by atoms with Gasteiger partial charge in [-0.1, -0.05) is 0 Å². The lowest BCUT2D eigenvalue weighted by atomic mass is 9.43. The summed E-state index contributed by atoms with van der Waals surface area (Å²) in [4.78, 5) is 12.3. The van der Waals surface area contributed by atoms with Gasteiger partial charge >= 0.3 is 0 Å². The highest BCUT2D eigenvalue weighted by molar-refractivity contribution is 5.83. The van der Waals surface area contributed by atoms with E-state index in [2.05, 4.69) is 21.7 Å². The molecule has 4 fully saturated rings. The van der Waals surface area contributed by atoms with Crippen LogP contribution in [0, 0.1) is 17.3 Å². The summed E-state index contributed by atoms with van der Waals surface area (Å²) in [5.74, 6) is 6.82. The van der Waals surface area contributed by atoms with Gasteiger partial charge < -0.3 is 0 Å². The normalized spacial score (nSPS) is 43.4. The summed E-state index contributed by atoms with van der Waals surface area (Å²) in [6.07, 6.45) is 8.47. The molecule has 4 aliphatic carbocycles. The molecule has 0 saturated heterocycles. The number of hydrazine groups is 1. The first-order valence-corrected chi connectivity index (χ1v) is 7.17. The van der Waals surface area contributed by atoms with Gasteiger partial charge in [0.05, 0.1) is 5.41 Å². The maximum Gasteiger partial charge on any atom is 0.240 e. The van der Waals surface area contributed by atoms with E-state index >= 15 is 0 Å². The van der Waals surface area contributed by atoms with E-state index in [1.165, 1.54) is 25.0 Å². The van der Waals surface area contributed by atoms with E-state index in [9.17, 15) is 4.79 Å². The molecule has 2 unspecified atom stereocenters. The minimum absolute atomic E-state index is 0.0468. The van der Waals surface area contributed by atoms with E-state index in [4.69, 9.17) is 5.84 Å². The summed E-state index contributed by atoms with van der Waals surface area (Å²) in [5.41, 5.74) is 3.54. The molecule has 4 bridgehead atoms. The summed E-state index contributed by atoms with van der Waals surface area (Å²) in [7, 11) is 0. The number of rotatable bonds is 2. The van der Waals surface area contributed by atoms with Gasteiger partial charge in [0.15, 0.2) is 0 Å². The zero-order valence-electron chi connectivity index (χ0n) is 11.0. The van der Waals surface area contributed by atoms with Crippen molar-refractivity contribution >= 4 is 5.91 Å². The van der Waals surface area contributed by atoms with Crippen molar-refractivity contribution in [2.75, 3.05) is 0 Å². The van der Waals surface area contributed by atoms with E-state index in [0.717, 1.165) is 19.3 Å². The number of hydrogen-bond donors (Lipinski definition) is 3. The molecule has 5 nitrogen and oxygen atoms in total. The van der Waals surface area contributed by atoms with Crippen LogP contribution in [0.2, 0.25) is 0 Å². The highest BCUT2D eigenvalue weighted by Gasteiger charge is 2.61. The van der Waals surface area contributed by atoms with Crippen molar-refractivity contribution in [2.24, 2.45) is 23.1 Å². The summed E-state index contributed by atoms with van der Waals surface area (Å²) in [5, 5.41) is 7.27. The highest BCUT2D eigenvalue weighted by Crippen LogP contribution is 2.65. The quantitative estimate of drug-likeness (QED) is 0.425. The standard InChI is InChI=1S/C14H20N4O/c15-17-12(19)14-6-9-3-10(7-14)5-13(4-9,8-14)11-1-2-16-18-11/h1-2,9-10H,3-8,15H2,(H,16,18)(H,17,19). The number of carbonyl (C=O) groups excluding carboxylic acids is 1. The fourth-order valence-corrected chi connectivity index (χ4v) is 5.55. The lowest BCUT2D eigenvalue weighted by Crippen LogP contribution is -2.60. The van der Waals surface area contributed by atoms with E-state index in [1.54, 1.807) is 0 Å². The maximum absolute atomic E-state index is 12.3. The van der Waals surface area contributed by atoms with Gasteiger partial charge in [0, 0.05) is 17.3 Å². The Balaban J connectivity index is 1.78. The van der Waals surface area contributed by atoms with Crippen LogP contribution in [0.5, 0.6) is 0 Å². The molecule has 4 saturated carbocycles. The number of H-pyrrole nitrogens is 1. The third kappa shape index (κ3) is 1.45. The number of nitrogens with one attached hydrogen (secondary N) is 2. The van der Waals surface area contributed by atoms with E-state index in [-0.39, 0.29) is 16.7 Å². The molecule has 5 rings (SSSR count). The monoisotopic (exact) mass is 260 g/mol. The van der Waals surface area contributed by atoms with E-state index in [0.29, 0.717) is 11.8 Å². The number of carbonyl (C=O) groups is 1. The fourth-order valence-electron chi connectivity index (χ4n) is 5.55. The zero-order valence-corrected chi connectivity index (χ0v) is 11.0. The van der Waals surface area contributed by atoms with Gasteiger partial charge in [-0.15, -0.1) is 0 Å². The second-order valence-electron chi connectivity index (χ2n) is 6.97. The Kier molecular flexibility index (Phi) is 2.17. The molecule has 0 spiro atoms. The van der Waals surface area contributed by atoms with Gasteiger partial charge in [0.1, 0.15) is 0 Å². The van der Waals surface area contributed by atoms with Crippen molar-refractivity contribution in [2.45, 2.75) is 43.9 Å². The Morgan fingerprint density at radius 3 is 2.68 bits per heavy atom. The minimum atomic E-state index is -0.232. The smallest absolute Gasteiger partial charge is 0.240 e. The summed E-state index contributed by atoms with van der Waals surface area (Å²) in [6.45, 7) is 0. The van der Waals surface area contributed by atoms with Crippen molar-refractivity contribution in [1.29, 1.82) is 0 Å². The predicted octanol–water partition coefficient (Wildman–Crippen LogP) is 1.24. The second kappa shape index (κ2) is 3.60. The fraction of sp³-hybridized carbons (Fsp3) is 0.714. The Morgan fingerprint density at radius 1 is 1.37 bits per heavy atom. The third-order valence-electron chi connectivity index (χ3n) is 5.75. The van der Waals surface area contributed by atoms with Crippen molar-refractivity contribution in [3.8, 4) is 0 Å². The number of aromatic amines is 1. The van der Waals surface area contributed by atoms with Gasteiger partial charge in [-0.05, 0) is 56.4 Å². The number of aromatic nitrogens is 2. The van der Waals surface area contributed by atoms with Gasteiger partial charge in [-0.2, -0.15) is 5.10 Å². The van der Waals surface area contributed by atoms with Crippen LogP contribution >= 0.6 is 0 Å². The first kappa shape index (κ1) is 11.5. The molecule has 19 heavy (non-hydrogen) atoms. The number of hydrogen-bond acceptors (Lipinski definition) is 3. The lowest BCUT2D eigenvalue weighted by Gasteiger charge is -2.60. The Morgan fingerprint density at radius 2 is 2.11 bits per heavy atom. The molecule has 0 radical (unpaired) electrons. The average Bonchev–Trinajstić information content (AvgIpc) is 2.90. The molecule has 0 aromatic carbocycles. The molecular weight excluding hydrogens is 240 g/mol. The number of amides is 1. The Hall–Kier alpha value is -1.36. The van der Waals surface area contributed by atoms with Crippen LogP contribution in [0.15, 0.2) is 12.3 Å². The maximum atomic E-state index is 12.3. The largest absolute Gasteiger partial charge is 0.294 e. The van der Waals surface area contributed by atoms with Gasteiger partial charge in [0.2, 0.25) is 5.91 Å². The Labute approximate surface area is 112 Å². The van der Waals surface area contributed by atoms with Crippen LogP contribution in [0.4, 0.5) is 0 Å². The van der Waals surface area contributed by atoms with Crippen LogP contribution in [0.25, 0.3) is 0 Å². The molecule has 5 heteroatoms. The summed E-state index contributed by atoms with van der Waals surface area (Å²) in [6, 6.07) is 2.08. The molecule has 4 aliphatic rings. The van der Waals surface area contributed by atoms with Crippen LogP contribution in [-0.4, -0.2) is 16.1 Å². The van der Waals surface area contributed by atoms with Crippen LogP contribution in [0.1, 0.15) is 44.2 Å². The molecular formula is C14H20N4O. The molecule has 1 aromatic rings. The average molecular weight is 260 g/mol. The van der Waals surface area contributed by atoms with Crippen molar-refractivity contribution in [3.05, 3.63) is 18.0 Å². The molecule has 0 aliphatic heterocycles. The minimum Gasteiger partial charge on any atom is -0.294 e. The topological polar surface area (TPSA) is 83.8 Å². The van der Waals surface area contributed by atoms with Crippen molar-refractivity contribution in [3.63, 3.8) is 0 Å². The molecule has 1 aromatic heterocycles. The lowest BCUT2D eigenvalue weighted by molar-refractivity contribution is -0.149. The molecule has 1 heterocycles. The van der Waals surface area contributed by atoms with Crippen LogP contribution in [-0.2, 0) is 10.2 Å². The van der Waals surface area contributed by atoms with E-state index < -0.39 is 0 Å². The van der Waals surface area contributed by atoms with Gasteiger partial charge in [0.25, 0.3) is 0 Å². The summed E-state index contributed by atoms with van der Waals surface area (Å²) < 4.78 is 0. The Bertz CT molecular complexity index is 496. The molecule has 102 valence electrons. The van der Waals surface area contributed by atoms with Crippen molar-refractivity contribution in [1.82, 2.24) is 15.6 Å². The van der Waals surface area contributed by atoms with Gasteiger partial charge in [-0.3, -0.25) is 15.3 Å². The zero-order chi connectivity index (χ0) is 13.1. The SMILES string of the molecule is NNC(=O)C12CC3CC(C1)CC(c1ccn[nH]1)(C3)C2. The van der Waals surface area contributed by atoms with E-state index in [1.807, 2.05) is 6.20 Å². The highest BCUT2D eigenvalue weighted by atomic mass is 16.2. The second-order valence-corrected chi connectivity index (χ2v) is 6.97. The number of nitrogens with zero attached hydrogens (tertiary/aromatic N) is 1. The first-order valence-electron chi connectivity index (χ1n) is 7.17. The molecule has 1 amide bonds.